The maximum absolute atomic E-state index is 13.1. The molecule has 0 radical (unpaired) electrons. The molecule has 0 aliphatic carbocycles. The van der Waals surface area contributed by atoms with Gasteiger partial charge < -0.3 is 24.4 Å². The molecule has 2 aliphatic rings. The van der Waals surface area contributed by atoms with Gasteiger partial charge in [0.1, 0.15) is 5.75 Å². The number of piperazine rings is 1. The van der Waals surface area contributed by atoms with Crippen molar-refractivity contribution in [3.05, 3.63) is 46.5 Å². The Kier molecular flexibility index (Phi) is 6.20. The number of carbonyl (C=O) groups is 2. The number of nitrogens with zero attached hydrogens (tertiary/aromatic N) is 2. The number of amides is 2. The molecule has 2 aromatic carbocycles. The number of anilines is 1. The summed E-state index contributed by atoms with van der Waals surface area (Å²) in [7, 11) is 1.49. The third kappa shape index (κ3) is 4.70. The Balaban J connectivity index is 1.40. The predicted molar refractivity (Wildman–Crippen MR) is 116 cm³/mol. The highest BCUT2D eigenvalue weighted by molar-refractivity contribution is 6.34. The molecule has 8 nitrogen and oxygen atoms in total. The summed E-state index contributed by atoms with van der Waals surface area (Å²) in [5.74, 6) is 1.53. The summed E-state index contributed by atoms with van der Waals surface area (Å²) in [6.07, 6.45) is 0. The summed E-state index contributed by atoms with van der Waals surface area (Å²) < 4.78 is 16.2. The highest BCUT2D eigenvalue weighted by Crippen LogP contribution is 2.34. The van der Waals surface area contributed by atoms with Crippen LogP contribution in [0.3, 0.4) is 0 Å². The van der Waals surface area contributed by atoms with E-state index in [-0.39, 0.29) is 18.6 Å². The van der Waals surface area contributed by atoms with Crippen LogP contribution in [0.4, 0.5) is 5.69 Å². The molecular weight excluding hydrogens is 422 g/mol. The van der Waals surface area contributed by atoms with Crippen molar-refractivity contribution >= 4 is 29.1 Å². The number of carbonyl (C=O) groups excluding carboxylic acids is 2. The van der Waals surface area contributed by atoms with Crippen LogP contribution in [-0.2, 0) is 11.3 Å². The fraction of sp³-hybridized carbons (Fsp3) is 0.364. The van der Waals surface area contributed by atoms with Crippen LogP contribution in [0.5, 0.6) is 17.2 Å². The normalized spacial score (nSPS) is 15.6. The summed E-state index contributed by atoms with van der Waals surface area (Å²) in [5.41, 5.74) is 1.94. The third-order valence-corrected chi connectivity index (χ3v) is 5.65. The van der Waals surface area contributed by atoms with Gasteiger partial charge in [0.05, 0.1) is 23.4 Å². The number of benzene rings is 2. The number of hydrogen-bond donors (Lipinski definition) is 1. The molecule has 2 heterocycles. The monoisotopic (exact) mass is 445 g/mol. The zero-order valence-corrected chi connectivity index (χ0v) is 18.2. The second kappa shape index (κ2) is 9.03. The van der Waals surface area contributed by atoms with Crippen molar-refractivity contribution in [2.75, 3.05) is 45.4 Å². The molecular formula is C22H24ClN3O5. The highest BCUT2D eigenvalue weighted by Gasteiger charge is 2.26. The average molecular weight is 446 g/mol. The van der Waals surface area contributed by atoms with Gasteiger partial charge in [0.15, 0.2) is 11.5 Å². The Morgan fingerprint density at radius 3 is 2.55 bits per heavy atom. The highest BCUT2D eigenvalue weighted by atomic mass is 35.5. The largest absolute Gasteiger partial charge is 0.496 e. The number of nitrogens with one attached hydrogen (secondary N) is 1. The van der Waals surface area contributed by atoms with Gasteiger partial charge in [-0.3, -0.25) is 14.5 Å². The predicted octanol–water partition coefficient (Wildman–Crippen LogP) is 2.99. The van der Waals surface area contributed by atoms with Crippen molar-refractivity contribution in [3.8, 4) is 17.2 Å². The standard InChI is InChI=1S/C22H24ClN3O5/c1-14(27)24-18-11-20(29-2)16(10-17(18)23)22(28)26-7-5-25(6-8-26)12-15-3-4-19-21(9-15)31-13-30-19/h3-4,9-11H,5-8,12-13H2,1-2H3,(H,24,27). The number of halogens is 1. The van der Waals surface area contributed by atoms with Crippen molar-refractivity contribution in [2.24, 2.45) is 0 Å². The second-order valence-corrected chi connectivity index (χ2v) is 7.88. The van der Waals surface area contributed by atoms with E-state index in [2.05, 4.69) is 10.2 Å². The minimum absolute atomic E-state index is 0.143. The first kappa shape index (κ1) is 21.3. The van der Waals surface area contributed by atoms with E-state index in [1.807, 2.05) is 18.2 Å². The second-order valence-electron chi connectivity index (χ2n) is 7.47. The lowest BCUT2D eigenvalue weighted by molar-refractivity contribution is -0.114. The maximum Gasteiger partial charge on any atom is 0.257 e. The van der Waals surface area contributed by atoms with E-state index < -0.39 is 0 Å². The fourth-order valence-electron chi connectivity index (χ4n) is 3.75. The molecule has 2 amide bonds. The van der Waals surface area contributed by atoms with Gasteiger partial charge in [-0.1, -0.05) is 17.7 Å². The van der Waals surface area contributed by atoms with Gasteiger partial charge in [0.2, 0.25) is 12.7 Å². The van der Waals surface area contributed by atoms with Gasteiger partial charge in [0, 0.05) is 45.7 Å². The zero-order chi connectivity index (χ0) is 22.0. The van der Waals surface area contributed by atoms with Crippen LogP contribution >= 0.6 is 11.6 Å². The third-order valence-electron chi connectivity index (χ3n) is 5.33. The summed E-state index contributed by atoms with van der Waals surface area (Å²) in [5, 5.41) is 2.93. The Bertz CT molecular complexity index is 1000. The van der Waals surface area contributed by atoms with Gasteiger partial charge >= 0.3 is 0 Å². The smallest absolute Gasteiger partial charge is 0.257 e. The van der Waals surface area contributed by atoms with E-state index in [1.165, 1.54) is 14.0 Å². The molecule has 2 aromatic rings. The summed E-state index contributed by atoms with van der Waals surface area (Å²) in [6.45, 7) is 5.12. The van der Waals surface area contributed by atoms with Crippen LogP contribution in [0.25, 0.3) is 0 Å². The molecule has 0 spiro atoms. The molecule has 1 N–H and O–H groups in total. The van der Waals surface area contributed by atoms with Crippen LogP contribution in [0, 0.1) is 0 Å². The quantitative estimate of drug-likeness (QED) is 0.762. The van der Waals surface area contributed by atoms with Crippen molar-refractivity contribution in [2.45, 2.75) is 13.5 Å². The molecule has 1 saturated heterocycles. The first-order chi connectivity index (χ1) is 14.9. The lowest BCUT2D eigenvalue weighted by atomic mass is 10.1. The minimum Gasteiger partial charge on any atom is -0.496 e. The summed E-state index contributed by atoms with van der Waals surface area (Å²) in [4.78, 5) is 28.5. The average Bonchev–Trinajstić information content (AvgIpc) is 3.22. The molecule has 164 valence electrons. The molecule has 0 saturated carbocycles. The number of rotatable bonds is 5. The Morgan fingerprint density at radius 1 is 1.10 bits per heavy atom. The molecule has 0 unspecified atom stereocenters. The van der Waals surface area contributed by atoms with Gasteiger partial charge in [-0.05, 0) is 23.8 Å². The molecule has 0 atom stereocenters. The molecule has 9 heteroatoms. The Morgan fingerprint density at radius 2 is 1.84 bits per heavy atom. The SMILES string of the molecule is COc1cc(NC(C)=O)c(Cl)cc1C(=O)N1CCN(Cc2ccc3c(c2)OCO3)CC1. The lowest BCUT2D eigenvalue weighted by Crippen LogP contribution is -2.48. The summed E-state index contributed by atoms with van der Waals surface area (Å²) in [6, 6.07) is 9.09. The van der Waals surface area contributed by atoms with Crippen LogP contribution in [0.2, 0.25) is 5.02 Å². The number of hydrogen-bond acceptors (Lipinski definition) is 6. The van der Waals surface area contributed by atoms with Crippen LogP contribution in [0.15, 0.2) is 30.3 Å². The first-order valence-corrected chi connectivity index (χ1v) is 10.4. The van der Waals surface area contributed by atoms with Crippen LogP contribution in [0.1, 0.15) is 22.8 Å². The van der Waals surface area contributed by atoms with Gasteiger partial charge in [-0.25, -0.2) is 0 Å². The molecule has 1 fully saturated rings. The van der Waals surface area contributed by atoms with E-state index in [4.69, 9.17) is 25.8 Å². The first-order valence-electron chi connectivity index (χ1n) is 10.00. The Hall–Kier alpha value is -2.97. The zero-order valence-electron chi connectivity index (χ0n) is 17.4. The molecule has 31 heavy (non-hydrogen) atoms. The van der Waals surface area contributed by atoms with E-state index in [0.717, 1.165) is 36.7 Å². The summed E-state index contributed by atoms with van der Waals surface area (Å²) >= 11 is 6.27. The van der Waals surface area contributed by atoms with Crippen molar-refractivity contribution in [3.63, 3.8) is 0 Å². The van der Waals surface area contributed by atoms with Crippen molar-refractivity contribution in [1.82, 2.24) is 9.80 Å². The lowest BCUT2D eigenvalue weighted by Gasteiger charge is -2.35. The number of methoxy groups -OCH3 is 1. The topological polar surface area (TPSA) is 80.3 Å². The van der Waals surface area contributed by atoms with E-state index in [0.29, 0.717) is 35.1 Å². The van der Waals surface area contributed by atoms with Crippen molar-refractivity contribution < 1.29 is 23.8 Å². The van der Waals surface area contributed by atoms with Gasteiger partial charge in [0.25, 0.3) is 5.91 Å². The van der Waals surface area contributed by atoms with Crippen LogP contribution in [-0.4, -0.2) is 61.7 Å². The van der Waals surface area contributed by atoms with Gasteiger partial charge in [-0.2, -0.15) is 0 Å². The van der Waals surface area contributed by atoms with Gasteiger partial charge in [-0.15, -0.1) is 0 Å². The minimum atomic E-state index is -0.249. The fourth-order valence-corrected chi connectivity index (χ4v) is 3.96. The van der Waals surface area contributed by atoms with E-state index >= 15 is 0 Å². The van der Waals surface area contributed by atoms with Crippen LogP contribution < -0.4 is 19.5 Å². The Labute approximate surface area is 185 Å². The maximum atomic E-state index is 13.1. The number of ether oxygens (including phenoxy) is 3. The molecule has 0 bridgehead atoms. The molecule has 2 aliphatic heterocycles. The number of fused-ring (bicyclic) bond motifs is 1. The molecule has 4 rings (SSSR count). The van der Waals surface area contributed by atoms with E-state index in [9.17, 15) is 9.59 Å². The van der Waals surface area contributed by atoms with Crippen molar-refractivity contribution in [1.29, 1.82) is 0 Å². The van der Waals surface area contributed by atoms with E-state index in [1.54, 1.807) is 17.0 Å². The molecule has 0 aromatic heterocycles.